The van der Waals surface area contributed by atoms with E-state index in [4.69, 9.17) is 0 Å². The molecular formula is C16H17FO. The summed E-state index contributed by atoms with van der Waals surface area (Å²) in [4.78, 5) is 0. The molecule has 0 radical (unpaired) electrons. The molecule has 0 saturated heterocycles. The van der Waals surface area contributed by atoms with Crippen molar-refractivity contribution in [3.8, 4) is 0 Å². The Morgan fingerprint density at radius 1 is 1.11 bits per heavy atom. The van der Waals surface area contributed by atoms with Crippen LogP contribution in [-0.4, -0.2) is 5.11 Å². The number of aryl methyl sites for hydroxylation is 2. The minimum atomic E-state index is -0.772. The third kappa shape index (κ3) is 2.59. The van der Waals surface area contributed by atoms with E-state index in [0.29, 0.717) is 5.56 Å². The molecule has 2 aromatic rings. The van der Waals surface area contributed by atoms with Crippen LogP contribution in [0.2, 0.25) is 0 Å². The van der Waals surface area contributed by atoms with E-state index in [2.05, 4.69) is 6.92 Å². The second-order valence-corrected chi connectivity index (χ2v) is 4.50. The van der Waals surface area contributed by atoms with Crippen molar-refractivity contribution in [3.05, 3.63) is 70.5 Å². The van der Waals surface area contributed by atoms with Gasteiger partial charge in [0.1, 0.15) is 11.9 Å². The number of aliphatic hydroxyl groups is 1. The predicted octanol–water partition coefficient (Wildman–Crippen LogP) is 3.78. The van der Waals surface area contributed by atoms with Gasteiger partial charge in [0.05, 0.1) is 0 Å². The first-order chi connectivity index (χ1) is 8.61. The fourth-order valence-electron chi connectivity index (χ4n) is 2.02. The largest absolute Gasteiger partial charge is 0.384 e. The van der Waals surface area contributed by atoms with Crippen LogP contribution in [-0.2, 0) is 6.42 Å². The Bertz CT molecular complexity index is 531. The first-order valence-corrected chi connectivity index (χ1v) is 6.14. The van der Waals surface area contributed by atoms with Crippen molar-refractivity contribution < 1.29 is 9.50 Å². The van der Waals surface area contributed by atoms with Crippen LogP contribution in [0.3, 0.4) is 0 Å². The summed E-state index contributed by atoms with van der Waals surface area (Å²) >= 11 is 0. The van der Waals surface area contributed by atoms with Crippen molar-refractivity contribution in [2.75, 3.05) is 0 Å². The average Bonchev–Trinajstić information content (AvgIpc) is 2.41. The highest BCUT2D eigenvalue weighted by molar-refractivity contribution is 5.36. The van der Waals surface area contributed by atoms with Crippen LogP contribution >= 0.6 is 0 Å². The van der Waals surface area contributed by atoms with E-state index in [1.807, 2.05) is 31.2 Å². The first kappa shape index (κ1) is 12.8. The molecule has 2 heteroatoms. The molecule has 1 unspecified atom stereocenters. The zero-order valence-corrected chi connectivity index (χ0v) is 10.7. The molecule has 0 amide bonds. The second-order valence-electron chi connectivity index (χ2n) is 4.50. The van der Waals surface area contributed by atoms with Crippen LogP contribution < -0.4 is 0 Å². The van der Waals surface area contributed by atoms with Crippen LogP contribution in [0.1, 0.15) is 35.3 Å². The van der Waals surface area contributed by atoms with Crippen LogP contribution in [0.25, 0.3) is 0 Å². The van der Waals surface area contributed by atoms with E-state index in [-0.39, 0.29) is 5.82 Å². The van der Waals surface area contributed by atoms with Crippen molar-refractivity contribution in [2.45, 2.75) is 26.4 Å². The molecule has 1 N–H and O–H groups in total. The second kappa shape index (κ2) is 5.32. The molecule has 2 rings (SSSR count). The lowest BCUT2D eigenvalue weighted by Gasteiger charge is -2.14. The van der Waals surface area contributed by atoms with Gasteiger partial charge in [0.15, 0.2) is 0 Å². The van der Waals surface area contributed by atoms with Crippen molar-refractivity contribution in [2.24, 2.45) is 0 Å². The number of aliphatic hydroxyl groups excluding tert-OH is 1. The Morgan fingerprint density at radius 2 is 1.78 bits per heavy atom. The lowest BCUT2D eigenvalue weighted by atomic mass is 9.96. The van der Waals surface area contributed by atoms with E-state index in [9.17, 15) is 9.50 Å². The van der Waals surface area contributed by atoms with Gasteiger partial charge in [-0.25, -0.2) is 4.39 Å². The van der Waals surface area contributed by atoms with Gasteiger partial charge in [0.2, 0.25) is 0 Å². The Morgan fingerprint density at radius 3 is 2.39 bits per heavy atom. The molecule has 0 bridgehead atoms. The van der Waals surface area contributed by atoms with Gasteiger partial charge in [0, 0.05) is 0 Å². The topological polar surface area (TPSA) is 20.2 Å². The third-order valence-electron chi connectivity index (χ3n) is 3.24. The van der Waals surface area contributed by atoms with E-state index in [0.717, 1.165) is 17.5 Å². The highest BCUT2D eigenvalue weighted by Gasteiger charge is 2.13. The predicted molar refractivity (Wildman–Crippen MR) is 71.0 cm³/mol. The Kier molecular flexibility index (Phi) is 3.78. The molecule has 0 aliphatic rings. The number of rotatable bonds is 3. The summed E-state index contributed by atoms with van der Waals surface area (Å²) in [7, 11) is 0. The summed E-state index contributed by atoms with van der Waals surface area (Å²) in [6.45, 7) is 3.96. The average molecular weight is 244 g/mol. The highest BCUT2D eigenvalue weighted by Crippen LogP contribution is 2.25. The maximum atomic E-state index is 13.2. The molecule has 1 atom stereocenters. The summed E-state index contributed by atoms with van der Waals surface area (Å²) in [6.07, 6.45) is 0.196. The molecule has 1 nitrogen and oxygen atoms in total. The van der Waals surface area contributed by atoms with Gasteiger partial charge < -0.3 is 5.11 Å². The smallest absolute Gasteiger partial charge is 0.123 e. The lowest BCUT2D eigenvalue weighted by Crippen LogP contribution is -2.02. The van der Waals surface area contributed by atoms with Gasteiger partial charge in [-0.15, -0.1) is 0 Å². The van der Waals surface area contributed by atoms with E-state index in [1.54, 1.807) is 6.07 Å². The Hall–Kier alpha value is -1.67. The quantitative estimate of drug-likeness (QED) is 0.871. The van der Waals surface area contributed by atoms with Crippen LogP contribution in [0.15, 0.2) is 42.5 Å². The molecule has 0 heterocycles. The molecule has 0 aromatic heterocycles. The zero-order valence-electron chi connectivity index (χ0n) is 10.7. The van der Waals surface area contributed by atoms with Crippen molar-refractivity contribution in [1.29, 1.82) is 0 Å². The summed E-state index contributed by atoms with van der Waals surface area (Å²) in [6, 6.07) is 12.3. The Labute approximate surface area is 107 Å². The molecule has 94 valence electrons. The monoisotopic (exact) mass is 244 g/mol. The molecule has 0 aliphatic carbocycles. The molecule has 2 aromatic carbocycles. The van der Waals surface area contributed by atoms with Crippen LogP contribution in [0.4, 0.5) is 4.39 Å². The van der Waals surface area contributed by atoms with Gasteiger partial charge in [-0.05, 0) is 47.7 Å². The van der Waals surface area contributed by atoms with Gasteiger partial charge in [-0.3, -0.25) is 0 Å². The standard InChI is InChI=1S/C16H17FO/c1-3-12-5-7-13(8-6-12)16(18)15-10-14(17)9-4-11(15)2/h4-10,16,18H,3H2,1-2H3. The maximum absolute atomic E-state index is 13.2. The number of hydrogen-bond donors (Lipinski definition) is 1. The zero-order chi connectivity index (χ0) is 13.1. The number of halogens is 1. The lowest BCUT2D eigenvalue weighted by molar-refractivity contribution is 0.219. The fraction of sp³-hybridized carbons (Fsp3) is 0.250. The summed E-state index contributed by atoms with van der Waals surface area (Å²) < 4.78 is 13.2. The molecule has 0 saturated carbocycles. The number of benzene rings is 2. The molecule has 0 spiro atoms. The molecule has 0 fully saturated rings. The van der Waals surface area contributed by atoms with Gasteiger partial charge in [-0.1, -0.05) is 37.3 Å². The minimum absolute atomic E-state index is 0.320. The minimum Gasteiger partial charge on any atom is -0.384 e. The van der Waals surface area contributed by atoms with Gasteiger partial charge in [-0.2, -0.15) is 0 Å². The molecule has 18 heavy (non-hydrogen) atoms. The SMILES string of the molecule is CCc1ccc(C(O)c2cc(F)ccc2C)cc1. The fourth-order valence-corrected chi connectivity index (χ4v) is 2.02. The van der Waals surface area contributed by atoms with Gasteiger partial charge in [0.25, 0.3) is 0 Å². The van der Waals surface area contributed by atoms with Crippen molar-refractivity contribution in [1.82, 2.24) is 0 Å². The summed E-state index contributed by atoms with van der Waals surface area (Å²) in [5.41, 5.74) is 3.53. The molecular weight excluding hydrogens is 227 g/mol. The molecule has 0 aliphatic heterocycles. The third-order valence-corrected chi connectivity index (χ3v) is 3.24. The highest BCUT2D eigenvalue weighted by atomic mass is 19.1. The van der Waals surface area contributed by atoms with Crippen LogP contribution in [0, 0.1) is 12.7 Å². The first-order valence-electron chi connectivity index (χ1n) is 6.14. The van der Waals surface area contributed by atoms with Gasteiger partial charge >= 0.3 is 0 Å². The normalized spacial score (nSPS) is 12.4. The van der Waals surface area contributed by atoms with E-state index >= 15 is 0 Å². The van der Waals surface area contributed by atoms with E-state index in [1.165, 1.54) is 17.7 Å². The van der Waals surface area contributed by atoms with Crippen molar-refractivity contribution in [3.63, 3.8) is 0 Å². The summed E-state index contributed by atoms with van der Waals surface area (Å²) in [5.74, 6) is -0.320. The summed E-state index contributed by atoms with van der Waals surface area (Å²) in [5, 5.41) is 10.3. The Balaban J connectivity index is 2.34. The number of hydrogen-bond acceptors (Lipinski definition) is 1. The maximum Gasteiger partial charge on any atom is 0.123 e. The van der Waals surface area contributed by atoms with E-state index < -0.39 is 6.10 Å². The van der Waals surface area contributed by atoms with Crippen molar-refractivity contribution >= 4 is 0 Å². The van der Waals surface area contributed by atoms with Crippen LogP contribution in [0.5, 0.6) is 0 Å².